The summed E-state index contributed by atoms with van der Waals surface area (Å²) in [6, 6.07) is 0. The first kappa shape index (κ1) is 15.0. The van der Waals surface area contributed by atoms with Gasteiger partial charge in [-0.05, 0) is 42.6 Å². The fourth-order valence-corrected chi connectivity index (χ4v) is 3.28. The molecule has 1 nitrogen and oxygen atoms in total. The Labute approximate surface area is 109 Å². The average molecular weight is 239 g/mol. The van der Waals surface area contributed by atoms with E-state index in [9.17, 15) is 0 Å². The van der Waals surface area contributed by atoms with E-state index in [2.05, 4.69) is 53.5 Å². The van der Waals surface area contributed by atoms with Crippen LogP contribution in [0.25, 0.3) is 0 Å². The van der Waals surface area contributed by atoms with Gasteiger partial charge in [0.2, 0.25) is 0 Å². The summed E-state index contributed by atoms with van der Waals surface area (Å²) in [6.07, 6.45) is 4.08. The SMILES string of the molecule is CCC(C)(C)CC1CN(C)CC1CC(C)(C)C. The molecule has 0 bridgehead atoms. The number of hydrogen-bond acceptors (Lipinski definition) is 1. The second-order valence-electron chi connectivity index (χ2n) is 8.23. The van der Waals surface area contributed by atoms with Gasteiger partial charge in [0.15, 0.2) is 0 Å². The lowest BCUT2D eigenvalue weighted by Gasteiger charge is -2.32. The van der Waals surface area contributed by atoms with Crippen LogP contribution in [0.15, 0.2) is 0 Å². The van der Waals surface area contributed by atoms with Crippen molar-refractivity contribution in [2.75, 3.05) is 20.1 Å². The van der Waals surface area contributed by atoms with Gasteiger partial charge in [-0.1, -0.05) is 48.0 Å². The molecule has 1 heteroatoms. The number of likely N-dealkylation sites (tertiary alicyclic amines) is 1. The molecule has 0 aromatic heterocycles. The lowest BCUT2D eigenvalue weighted by Crippen LogP contribution is -2.24. The van der Waals surface area contributed by atoms with Gasteiger partial charge in [0, 0.05) is 13.1 Å². The topological polar surface area (TPSA) is 3.24 Å². The lowest BCUT2D eigenvalue weighted by atomic mass is 9.73. The van der Waals surface area contributed by atoms with Crippen LogP contribution in [0.4, 0.5) is 0 Å². The molecule has 0 N–H and O–H groups in total. The van der Waals surface area contributed by atoms with Crippen molar-refractivity contribution in [2.45, 2.75) is 60.8 Å². The van der Waals surface area contributed by atoms with E-state index in [1.165, 1.54) is 32.4 Å². The molecule has 0 radical (unpaired) electrons. The first-order valence-electron chi connectivity index (χ1n) is 7.31. The Bertz CT molecular complexity index is 236. The zero-order valence-electron chi connectivity index (χ0n) is 13.1. The predicted molar refractivity (Wildman–Crippen MR) is 77.2 cm³/mol. The van der Waals surface area contributed by atoms with Gasteiger partial charge >= 0.3 is 0 Å². The summed E-state index contributed by atoms with van der Waals surface area (Å²) >= 11 is 0. The van der Waals surface area contributed by atoms with Crippen molar-refractivity contribution in [3.63, 3.8) is 0 Å². The highest BCUT2D eigenvalue weighted by Crippen LogP contribution is 2.40. The summed E-state index contributed by atoms with van der Waals surface area (Å²) in [5.41, 5.74) is 0.996. The summed E-state index contributed by atoms with van der Waals surface area (Å²) in [4.78, 5) is 2.53. The molecular weight excluding hydrogens is 206 g/mol. The number of hydrogen-bond donors (Lipinski definition) is 0. The van der Waals surface area contributed by atoms with Crippen LogP contribution in [0, 0.1) is 22.7 Å². The molecule has 1 aliphatic heterocycles. The molecule has 0 aromatic rings. The second kappa shape index (κ2) is 5.30. The maximum absolute atomic E-state index is 2.53. The van der Waals surface area contributed by atoms with Crippen LogP contribution in [0.5, 0.6) is 0 Å². The summed E-state index contributed by atoms with van der Waals surface area (Å²) in [5, 5.41) is 0. The standard InChI is InChI=1S/C16H33N/c1-8-16(5,6)10-14-12-17(7)11-13(14)9-15(2,3)4/h13-14H,8-12H2,1-7H3. The van der Waals surface area contributed by atoms with E-state index in [-0.39, 0.29) is 0 Å². The van der Waals surface area contributed by atoms with Gasteiger partial charge in [-0.25, -0.2) is 0 Å². The van der Waals surface area contributed by atoms with Gasteiger partial charge in [0.1, 0.15) is 0 Å². The molecule has 2 unspecified atom stereocenters. The highest BCUT2D eigenvalue weighted by molar-refractivity contribution is 4.88. The van der Waals surface area contributed by atoms with Crippen LogP contribution in [0.3, 0.4) is 0 Å². The van der Waals surface area contributed by atoms with E-state index >= 15 is 0 Å². The van der Waals surface area contributed by atoms with E-state index in [4.69, 9.17) is 0 Å². The van der Waals surface area contributed by atoms with Crippen molar-refractivity contribution in [3.8, 4) is 0 Å². The van der Waals surface area contributed by atoms with Crippen LogP contribution < -0.4 is 0 Å². The van der Waals surface area contributed by atoms with Crippen molar-refractivity contribution in [3.05, 3.63) is 0 Å². The van der Waals surface area contributed by atoms with Crippen molar-refractivity contribution in [1.82, 2.24) is 4.90 Å². The molecule has 0 aliphatic carbocycles. The maximum Gasteiger partial charge on any atom is 0.00101 e. The largest absolute Gasteiger partial charge is 0.306 e. The molecule has 0 saturated carbocycles. The summed E-state index contributed by atoms with van der Waals surface area (Å²) in [7, 11) is 2.29. The molecule has 1 rings (SSSR count). The molecular formula is C16H33N. The molecule has 1 fully saturated rings. The summed E-state index contributed by atoms with van der Waals surface area (Å²) in [5.74, 6) is 1.82. The Morgan fingerprint density at radius 1 is 0.941 bits per heavy atom. The van der Waals surface area contributed by atoms with Crippen LogP contribution in [0.1, 0.15) is 60.8 Å². The average Bonchev–Trinajstić information content (AvgIpc) is 2.42. The van der Waals surface area contributed by atoms with Gasteiger partial charge in [-0.3, -0.25) is 0 Å². The predicted octanol–water partition coefficient (Wildman–Crippen LogP) is 4.43. The Hall–Kier alpha value is -0.0400. The molecule has 102 valence electrons. The minimum Gasteiger partial charge on any atom is -0.306 e. The van der Waals surface area contributed by atoms with Gasteiger partial charge in [0.25, 0.3) is 0 Å². The summed E-state index contributed by atoms with van der Waals surface area (Å²) < 4.78 is 0. The van der Waals surface area contributed by atoms with Gasteiger partial charge in [0.05, 0.1) is 0 Å². The Morgan fingerprint density at radius 2 is 1.41 bits per heavy atom. The normalized spacial score (nSPS) is 27.7. The Balaban J connectivity index is 2.62. The fraction of sp³-hybridized carbons (Fsp3) is 1.00. The van der Waals surface area contributed by atoms with Crippen LogP contribution >= 0.6 is 0 Å². The highest BCUT2D eigenvalue weighted by Gasteiger charge is 2.36. The van der Waals surface area contributed by atoms with Crippen molar-refractivity contribution in [2.24, 2.45) is 22.7 Å². The molecule has 0 amide bonds. The first-order chi connectivity index (χ1) is 7.63. The molecule has 0 aromatic carbocycles. The third-order valence-corrected chi connectivity index (χ3v) is 4.41. The molecule has 1 heterocycles. The van der Waals surface area contributed by atoms with E-state index < -0.39 is 0 Å². The third kappa shape index (κ3) is 4.99. The van der Waals surface area contributed by atoms with Crippen molar-refractivity contribution in [1.29, 1.82) is 0 Å². The van der Waals surface area contributed by atoms with Crippen molar-refractivity contribution < 1.29 is 0 Å². The van der Waals surface area contributed by atoms with Crippen LogP contribution in [-0.2, 0) is 0 Å². The second-order valence-corrected chi connectivity index (χ2v) is 8.23. The lowest BCUT2D eigenvalue weighted by molar-refractivity contribution is 0.195. The zero-order chi connectivity index (χ0) is 13.3. The van der Waals surface area contributed by atoms with E-state index in [0.717, 1.165) is 11.8 Å². The molecule has 0 spiro atoms. The molecule has 1 saturated heterocycles. The van der Waals surface area contributed by atoms with E-state index in [1.54, 1.807) is 0 Å². The fourth-order valence-electron chi connectivity index (χ4n) is 3.28. The minimum atomic E-state index is 0.477. The third-order valence-electron chi connectivity index (χ3n) is 4.41. The Morgan fingerprint density at radius 3 is 1.82 bits per heavy atom. The minimum absolute atomic E-state index is 0.477. The number of rotatable bonds is 4. The van der Waals surface area contributed by atoms with Crippen LogP contribution in [-0.4, -0.2) is 25.0 Å². The molecule has 2 atom stereocenters. The first-order valence-corrected chi connectivity index (χ1v) is 7.31. The molecule has 17 heavy (non-hydrogen) atoms. The summed E-state index contributed by atoms with van der Waals surface area (Å²) in [6.45, 7) is 17.0. The van der Waals surface area contributed by atoms with E-state index in [1.807, 2.05) is 0 Å². The van der Waals surface area contributed by atoms with Gasteiger partial charge in [-0.15, -0.1) is 0 Å². The van der Waals surface area contributed by atoms with Crippen molar-refractivity contribution >= 4 is 0 Å². The van der Waals surface area contributed by atoms with Gasteiger partial charge < -0.3 is 4.90 Å². The quantitative estimate of drug-likeness (QED) is 0.701. The number of nitrogens with zero attached hydrogens (tertiary/aromatic N) is 1. The monoisotopic (exact) mass is 239 g/mol. The Kier molecular flexibility index (Phi) is 4.68. The van der Waals surface area contributed by atoms with Crippen LogP contribution in [0.2, 0.25) is 0 Å². The van der Waals surface area contributed by atoms with E-state index in [0.29, 0.717) is 10.8 Å². The highest BCUT2D eigenvalue weighted by atomic mass is 15.1. The smallest absolute Gasteiger partial charge is 0.00101 e. The zero-order valence-corrected chi connectivity index (χ0v) is 13.1. The molecule has 1 aliphatic rings. The van der Waals surface area contributed by atoms with Gasteiger partial charge in [-0.2, -0.15) is 0 Å². The maximum atomic E-state index is 2.53.